The molecule has 0 aromatic heterocycles. The van der Waals surface area contributed by atoms with Crippen molar-refractivity contribution in [1.29, 1.82) is 0 Å². The Morgan fingerprint density at radius 3 is 2.72 bits per heavy atom. The smallest absolute Gasteiger partial charge is 0.220 e. The molecule has 0 spiro atoms. The van der Waals surface area contributed by atoms with E-state index in [1.54, 1.807) is 12.1 Å². The minimum absolute atomic E-state index is 0.0441. The molecule has 3 N–H and O–H groups in total. The predicted molar refractivity (Wildman–Crippen MR) is 70.6 cm³/mol. The van der Waals surface area contributed by atoms with Crippen LogP contribution in [0.3, 0.4) is 0 Å². The lowest BCUT2D eigenvalue weighted by Gasteiger charge is -2.12. The highest BCUT2D eigenvalue weighted by Crippen LogP contribution is 2.25. The Balaban J connectivity index is 2.48. The van der Waals surface area contributed by atoms with Gasteiger partial charge in [-0.05, 0) is 30.4 Å². The number of amides is 1. The van der Waals surface area contributed by atoms with Gasteiger partial charge in [0.25, 0.3) is 0 Å². The summed E-state index contributed by atoms with van der Waals surface area (Å²) in [6.45, 7) is 4.69. The largest absolute Gasteiger partial charge is 0.508 e. The zero-order valence-electron chi connectivity index (χ0n) is 10.9. The first-order valence-corrected chi connectivity index (χ1v) is 6.30. The van der Waals surface area contributed by atoms with Crippen LogP contribution in [0.5, 0.6) is 11.5 Å². The number of carbonyl (C=O) groups is 1. The molecule has 0 bridgehead atoms. The fraction of sp³-hybridized carbons (Fsp3) is 0.500. The molecule has 1 unspecified atom stereocenters. The number of aromatic hydroxyl groups is 2. The summed E-state index contributed by atoms with van der Waals surface area (Å²) in [4.78, 5) is 11.5. The summed E-state index contributed by atoms with van der Waals surface area (Å²) in [5.41, 5.74) is 0.753. The van der Waals surface area contributed by atoms with E-state index in [1.165, 1.54) is 6.07 Å². The number of phenols is 2. The van der Waals surface area contributed by atoms with Gasteiger partial charge in [-0.3, -0.25) is 4.79 Å². The van der Waals surface area contributed by atoms with E-state index in [1.807, 2.05) is 13.8 Å². The molecule has 4 nitrogen and oxygen atoms in total. The first kappa shape index (κ1) is 14.4. The SMILES string of the molecule is CCCNC(=O)CC(C)Cc1ccc(O)cc1O. The number of phenolic OH excluding ortho intramolecular Hbond substituents is 2. The molecule has 0 saturated carbocycles. The van der Waals surface area contributed by atoms with Gasteiger partial charge in [0.15, 0.2) is 0 Å². The lowest BCUT2D eigenvalue weighted by atomic mass is 9.97. The summed E-state index contributed by atoms with van der Waals surface area (Å²) in [6, 6.07) is 4.54. The third kappa shape index (κ3) is 4.65. The van der Waals surface area contributed by atoms with Gasteiger partial charge in [0.1, 0.15) is 11.5 Å². The van der Waals surface area contributed by atoms with Crippen molar-refractivity contribution >= 4 is 5.91 Å². The van der Waals surface area contributed by atoms with Crippen LogP contribution >= 0.6 is 0 Å². The molecule has 0 aliphatic heterocycles. The Hall–Kier alpha value is -1.71. The normalized spacial score (nSPS) is 12.1. The summed E-state index contributed by atoms with van der Waals surface area (Å²) < 4.78 is 0. The van der Waals surface area contributed by atoms with Gasteiger partial charge in [0.2, 0.25) is 5.91 Å². The van der Waals surface area contributed by atoms with Crippen molar-refractivity contribution in [3.05, 3.63) is 23.8 Å². The topological polar surface area (TPSA) is 69.6 Å². The van der Waals surface area contributed by atoms with E-state index in [4.69, 9.17) is 0 Å². The van der Waals surface area contributed by atoms with Gasteiger partial charge in [-0.15, -0.1) is 0 Å². The van der Waals surface area contributed by atoms with Gasteiger partial charge < -0.3 is 15.5 Å². The van der Waals surface area contributed by atoms with Crippen molar-refractivity contribution in [2.75, 3.05) is 6.54 Å². The van der Waals surface area contributed by atoms with E-state index in [9.17, 15) is 15.0 Å². The van der Waals surface area contributed by atoms with E-state index >= 15 is 0 Å². The Morgan fingerprint density at radius 2 is 2.11 bits per heavy atom. The van der Waals surface area contributed by atoms with E-state index in [-0.39, 0.29) is 23.3 Å². The van der Waals surface area contributed by atoms with Crippen molar-refractivity contribution in [3.8, 4) is 11.5 Å². The number of benzene rings is 1. The number of carbonyl (C=O) groups excluding carboxylic acids is 1. The maximum Gasteiger partial charge on any atom is 0.220 e. The minimum atomic E-state index is 0.0441. The fourth-order valence-electron chi connectivity index (χ4n) is 1.83. The summed E-state index contributed by atoms with van der Waals surface area (Å²) >= 11 is 0. The number of hydrogen-bond donors (Lipinski definition) is 3. The average Bonchev–Trinajstić information content (AvgIpc) is 2.30. The molecule has 0 fully saturated rings. The summed E-state index contributed by atoms with van der Waals surface area (Å²) in [7, 11) is 0. The van der Waals surface area contributed by atoms with Crippen LogP contribution in [0.2, 0.25) is 0 Å². The Morgan fingerprint density at radius 1 is 1.39 bits per heavy atom. The van der Waals surface area contributed by atoms with E-state index < -0.39 is 0 Å². The molecule has 1 amide bonds. The molecule has 18 heavy (non-hydrogen) atoms. The lowest BCUT2D eigenvalue weighted by molar-refractivity contribution is -0.121. The van der Waals surface area contributed by atoms with Crippen LogP contribution in [-0.4, -0.2) is 22.7 Å². The van der Waals surface area contributed by atoms with Crippen molar-refractivity contribution < 1.29 is 15.0 Å². The van der Waals surface area contributed by atoms with Crippen LogP contribution in [0.4, 0.5) is 0 Å². The predicted octanol–water partition coefficient (Wildman–Crippen LogP) is 2.19. The van der Waals surface area contributed by atoms with Gasteiger partial charge in [-0.25, -0.2) is 0 Å². The van der Waals surface area contributed by atoms with Gasteiger partial charge >= 0.3 is 0 Å². The third-order valence-corrected chi connectivity index (χ3v) is 2.74. The van der Waals surface area contributed by atoms with Crippen molar-refractivity contribution in [3.63, 3.8) is 0 Å². The number of rotatable bonds is 6. The number of nitrogens with one attached hydrogen (secondary N) is 1. The Kier molecular flexibility index (Phi) is 5.49. The second-order valence-corrected chi connectivity index (χ2v) is 4.68. The molecule has 1 rings (SSSR count). The second-order valence-electron chi connectivity index (χ2n) is 4.68. The molecular weight excluding hydrogens is 230 g/mol. The van der Waals surface area contributed by atoms with Crippen LogP contribution in [0.15, 0.2) is 18.2 Å². The van der Waals surface area contributed by atoms with Gasteiger partial charge in [0.05, 0.1) is 0 Å². The standard InChI is InChI=1S/C14H21NO3/c1-3-6-15-14(18)8-10(2)7-11-4-5-12(16)9-13(11)17/h4-5,9-10,16-17H,3,6-8H2,1-2H3,(H,15,18). The number of hydrogen-bond acceptors (Lipinski definition) is 3. The Labute approximate surface area is 108 Å². The quantitative estimate of drug-likeness (QED) is 0.726. The van der Waals surface area contributed by atoms with Crippen molar-refractivity contribution in [2.45, 2.75) is 33.1 Å². The molecule has 0 saturated heterocycles. The zero-order valence-corrected chi connectivity index (χ0v) is 10.9. The summed E-state index contributed by atoms with van der Waals surface area (Å²) in [5, 5.41) is 21.7. The van der Waals surface area contributed by atoms with E-state index in [0.717, 1.165) is 12.0 Å². The molecular formula is C14H21NO3. The van der Waals surface area contributed by atoms with Gasteiger partial charge in [-0.1, -0.05) is 19.9 Å². The van der Waals surface area contributed by atoms with Crippen LogP contribution in [0.25, 0.3) is 0 Å². The monoisotopic (exact) mass is 251 g/mol. The minimum Gasteiger partial charge on any atom is -0.508 e. The third-order valence-electron chi connectivity index (χ3n) is 2.74. The molecule has 0 aliphatic carbocycles. The molecule has 100 valence electrons. The molecule has 1 atom stereocenters. The maximum atomic E-state index is 11.5. The Bertz CT molecular complexity index is 404. The second kappa shape index (κ2) is 6.89. The molecule has 1 aromatic rings. The summed E-state index contributed by atoms with van der Waals surface area (Å²) in [6.07, 6.45) is 1.99. The van der Waals surface area contributed by atoms with Crippen molar-refractivity contribution in [1.82, 2.24) is 5.32 Å². The first-order chi connectivity index (χ1) is 8.52. The van der Waals surface area contributed by atoms with Gasteiger partial charge in [-0.2, -0.15) is 0 Å². The molecule has 4 heteroatoms. The molecule has 0 heterocycles. The van der Waals surface area contributed by atoms with Crippen LogP contribution < -0.4 is 5.32 Å². The maximum absolute atomic E-state index is 11.5. The van der Waals surface area contributed by atoms with Crippen LogP contribution in [-0.2, 0) is 11.2 Å². The van der Waals surface area contributed by atoms with Gasteiger partial charge in [0, 0.05) is 19.0 Å². The highest BCUT2D eigenvalue weighted by atomic mass is 16.3. The average molecular weight is 251 g/mol. The fourth-order valence-corrected chi connectivity index (χ4v) is 1.83. The van der Waals surface area contributed by atoms with E-state index in [2.05, 4.69) is 5.32 Å². The summed E-state index contributed by atoms with van der Waals surface area (Å²) in [5.74, 6) is 0.320. The molecule has 0 radical (unpaired) electrons. The van der Waals surface area contributed by atoms with Crippen molar-refractivity contribution in [2.24, 2.45) is 5.92 Å². The van der Waals surface area contributed by atoms with E-state index in [0.29, 0.717) is 19.4 Å². The first-order valence-electron chi connectivity index (χ1n) is 6.30. The highest BCUT2D eigenvalue weighted by Gasteiger charge is 2.12. The highest BCUT2D eigenvalue weighted by molar-refractivity contribution is 5.76. The van der Waals surface area contributed by atoms with Crippen LogP contribution in [0, 0.1) is 5.92 Å². The molecule has 0 aliphatic rings. The lowest BCUT2D eigenvalue weighted by Crippen LogP contribution is -2.26. The molecule has 1 aromatic carbocycles. The zero-order chi connectivity index (χ0) is 13.5. The van der Waals surface area contributed by atoms with Crippen LogP contribution in [0.1, 0.15) is 32.3 Å².